The third-order valence-electron chi connectivity index (χ3n) is 4.33. The van der Waals surface area contributed by atoms with Crippen molar-refractivity contribution in [2.45, 2.75) is 33.3 Å². The van der Waals surface area contributed by atoms with Crippen molar-refractivity contribution in [3.8, 4) is 16.2 Å². The fourth-order valence-electron chi connectivity index (χ4n) is 2.99. The Morgan fingerprint density at radius 2 is 1.69 bits per heavy atom. The van der Waals surface area contributed by atoms with Crippen LogP contribution >= 0.6 is 11.3 Å². The summed E-state index contributed by atoms with van der Waals surface area (Å²) in [6.07, 6.45) is 0.702. The van der Waals surface area contributed by atoms with E-state index in [4.69, 9.17) is 9.84 Å². The van der Waals surface area contributed by atoms with Crippen LogP contribution in [0.5, 0.6) is 5.06 Å². The highest BCUT2D eigenvalue weighted by Crippen LogP contribution is 2.29. The minimum absolute atomic E-state index is 0.153. The van der Waals surface area contributed by atoms with Crippen LogP contribution in [0.1, 0.15) is 28.0 Å². The first-order chi connectivity index (χ1) is 12.5. The lowest BCUT2D eigenvalue weighted by Crippen LogP contribution is -1.95. The van der Waals surface area contributed by atoms with Gasteiger partial charge in [-0.3, -0.25) is 4.79 Å². The Morgan fingerprint density at radius 1 is 1.00 bits per heavy atom. The van der Waals surface area contributed by atoms with Crippen LogP contribution in [0.15, 0.2) is 54.6 Å². The second-order valence-electron chi connectivity index (χ2n) is 6.37. The normalized spacial score (nSPS) is 10.7. The second kappa shape index (κ2) is 8.19. The molecule has 0 atom stereocenters. The van der Waals surface area contributed by atoms with E-state index in [9.17, 15) is 4.79 Å². The summed E-state index contributed by atoms with van der Waals surface area (Å²) in [7, 11) is 0. The monoisotopic (exact) mass is 366 g/mol. The molecule has 0 amide bonds. The molecule has 0 radical (unpaired) electrons. The van der Waals surface area contributed by atoms with E-state index in [1.165, 1.54) is 33.6 Å². The molecule has 0 aliphatic rings. The number of rotatable bonds is 7. The molecule has 0 fully saturated rings. The van der Waals surface area contributed by atoms with E-state index in [0.717, 1.165) is 15.5 Å². The van der Waals surface area contributed by atoms with Crippen LogP contribution in [0.3, 0.4) is 0 Å². The molecule has 0 saturated carbocycles. The lowest BCUT2D eigenvalue weighted by Gasteiger charge is -2.11. The molecule has 0 saturated heterocycles. The summed E-state index contributed by atoms with van der Waals surface area (Å²) in [4.78, 5) is 11.7. The Kier molecular flexibility index (Phi) is 5.74. The van der Waals surface area contributed by atoms with Gasteiger partial charge in [-0.15, -0.1) is 11.3 Å². The summed E-state index contributed by atoms with van der Waals surface area (Å²) in [5.41, 5.74) is 6.18. The fraction of sp³-hybridized carbons (Fsp3) is 0.227. The maximum Gasteiger partial charge on any atom is 0.303 e. The van der Waals surface area contributed by atoms with Crippen molar-refractivity contribution >= 4 is 17.3 Å². The van der Waals surface area contributed by atoms with Crippen LogP contribution in [-0.2, 0) is 17.8 Å². The van der Waals surface area contributed by atoms with Gasteiger partial charge in [0.25, 0.3) is 0 Å². The van der Waals surface area contributed by atoms with Crippen molar-refractivity contribution in [1.29, 1.82) is 0 Å². The number of aryl methyl sites for hydroxylation is 3. The minimum atomic E-state index is -0.773. The predicted molar refractivity (Wildman–Crippen MR) is 106 cm³/mol. The Morgan fingerprint density at radius 3 is 2.35 bits per heavy atom. The van der Waals surface area contributed by atoms with Crippen LogP contribution < -0.4 is 4.74 Å². The van der Waals surface area contributed by atoms with E-state index < -0.39 is 5.97 Å². The first-order valence-electron chi connectivity index (χ1n) is 8.62. The van der Waals surface area contributed by atoms with E-state index in [1.54, 1.807) is 0 Å². The van der Waals surface area contributed by atoms with Crippen molar-refractivity contribution in [3.05, 3.63) is 76.2 Å². The third kappa shape index (κ3) is 4.52. The zero-order valence-electron chi connectivity index (χ0n) is 15.0. The second-order valence-corrected chi connectivity index (χ2v) is 7.50. The van der Waals surface area contributed by atoms with Crippen molar-refractivity contribution in [1.82, 2.24) is 0 Å². The summed E-state index contributed by atoms with van der Waals surface area (Å²) in [6, 6.07) is 18.7. The number of ether oxygens (including phenoxy) is 1. The number of carbonyl (C=O) groups is 1. The van der Waals surface area contributed by atoms with E-state index in [2.05, 4.69) is 56.3 Å². The molecule has 26 heavy (non-hydrogen) atoms. The zero-order valence-corrected chi connectivity index (χ0v) is 15.8. The van der Waals surface area contributed by atoms with Gasteiger partial charge in [0.05, 0.1) is 6.42 Å². The lowest BCUT2D eigenvalue weighted by atomic mass is 9.95. The average molecular weight is 366 g/mol. The molecule has 3 aromatic rings. The minimum Gasteiger partial charge on any atom is -0.481 e. The molecule has 4 heteroatoms. The molecule has 3 rings (SSSR count). The average Bonchev–Trinajstić information content (AvgIpc) is 3.07. The summed E-state index contributed by atoms with van der Waals surface area (Å²) in [5.74, 6) is -0.773. The Labute approximate surface area is 157 Å². The molecular weight excluding hydrogens is 344 g/mol. The molecule has 0 aliphatic heterocycles. The standard InChI is InChI=1S/C22H22O3S/c1-15-4-3-5-16(2)22(15)18-8-6-17(7-9-18)14-25-21-13-11-19(26-21)10-12-20(23)24/h3-9,11,13H,10,12,14H2,1-2H3,(H,23,24). The first kappa shape index (κ1) is 18.2. The Bertz CT molecular complexity index is 874. The van der Waals surface area contributed by atoms with E-state index in [1.807, 2.05) is 12.1 Å². The lowest BCUT2D eigenvalue weighted by molar-refractivity contribution is -0.136. The van der Waals surface area contributed by atoms with E-state index >= 15 is 0 Å². The number of hydrogen-bond acceptors (Lipinski definition) is 3. The molecule has 0 aliphatic carbocycles. The number of carboxylic acid groups (broad SMARTS) is 1. The SMILES string of the molecule is Cc1cccc(C)c1-c1ccc(COc2ccc(CCC(=O)O)s2)cc1. The Balaban J connectivity index is 1.62. The zero-order chi connectivity index (χ0) is 18.5. The number of hydrogen-bond donors (Lipinski definition) is 1. The molecule has 1 N–H and O–H groups in total. The fourth-order valence-corrected chi connectivity index (χ4v) is 3.84. The van der Waals surface area contributed by atoms with E-state index in [-0.39, 0.29) is 6.42 Å². The van der Waals surface area contributed by atoms with Crippen LogP contribution in [0, 0.1) is 13.8 Å². The smallest absolute Gasteiger partial charge is 0.303 e. The number of benzene rings is 2. The topological polar surface area (TPSA) is 46.5 Å². The molecule has 2 aromatic carbocycles. The number of thiophene rings is 1. The summed E-state index contributed by atoms with van der Waals surface area (Å²) in [5, 5.41) is 9.57. The maximum atomic E-state index is 10.6. The maximum absolute atomic E-state index is 10.6. The molecular formula is C22H22O3S. The highest BCUT2D eigenvalue weighted by atomic mass is 32.1. The van der Waals surface area contributed by atoms with Gasteiger partial charge in [0, 0.05) is 4.88 Å². The van der Waals surface area contributed by atoms with Crippen LogP contribution in [0.25, 0.3) is 11.1 Å². The van der Waals surface area contributed by atoms with Crippen LogP contribution in [0.2, 0.25) is 0 Å². The number of aliphatic carboxylic acids is 1. The summed E-state index contributed by atoms with van der Waals surface area (Å²) < 4.78 is 5.84. The number of carboxylic acids is 1. The molecule has 0 spiro atoms. The molecule has 0 unspecified atom stereocenters. The van der Waals surface area contributed by atoms with E-state index in [0.29, 0.717) is 13.0 Å². The first-order valence-corrected chi connectivity index (χ1v) is 9.43. The van der Waals surface area contributed by atoms with Crippen molar-refractivity contribution in [2.75, 3.05) is 0 Å². The van der Waals surface area contributed by atoms with Crippen LogP contribution in [0.4, 0.5) is 0 Å². The molecule has 134 valence electrons. The van der Waals surface area contributed by atoms with Gasteiger partial charge in [0.2, 0.25) is 0 Å². The van der Waals surface area contributed by atoms with Gasteiger partial charge in [0.15, 0.2) is 5.06 Å². The Hall–Kier alpha value is -2.59. The quantitative estimate of drug-likeness (QED) is 0.589. The molecule has 1 heterocycles. The van der Waals surface area contributed by atoms with Gasteiger partial charge in [-0.1, -0.05) is 42.5 Å². The molecule has 3 nitrogen and oxygen atoms in total. The van der Waals surface area contributed by atoms with Gasteiger partial charge in [-0.25, -0.2) is 0 Å². The van der Waals surface area contributed by atoms with Crippen molar-refractivity contribution in [3.63, 3.8) is 0 Å². The van der Waals surface area contributed by atoms with Crippen molar-refractivity contribution < 1.29 is 14.6 Å². The van der Waals surface area contributed by atoms with Crippen LogP contribution in [-0.4, -0.2) is 11.1 Å². The predicted octanol–water partition coefficient (Wildman–Crippen LogP) is 5.63. The highest BCUT2D eigenvalue weighted by Gasteiger charge is 2.07. The van der Waals surface area contributed by atoms with Gasteiger partial charge < -0.3 is 9.84 Å². The summed E-state index contributed by atoms with van der Waals surface area (Å²) >= 11 is 1.51. The van der Waals surface area contributed by atoms with Gasteiger partial charge >= 0.3 is 5.97 Å². The third-order valence-corrected chi connectivity index (χ3v) is 5.38. The summed E-state index contributed by atoms with van der Waals surface area (Å²) in [6.45, 7) is 4.78. The van der Waals surface area contributed by atoms with Gasteiger partial charge in [-0.2, -0.15) is 0 Å². The molecule has 1 aromatic heterocycles. The van der Waals surface area contributed by atoms with Gasteiger partial charge in [0.1, 0.15) is 6.61 Å². The largest absolute Gasteiger partial charge is 0.481 e. The molecule has 0 bridgehead atoms. The van der Waals surface area contributed by atoms with Crippen molar-refractivity contribution in [2.24, 2.45) is 0 Å². The highest BCUT2D eigenvalue weighted by molar-refractivity contribution is 7.13. The van der Waals surface area contributed by atoms with Gasteiger partial charge in [-0.05, 0) is 60.2 Å².